The summed E-state index contributed by atoms with van der Waals surface area (Å²) in [5.41, 5.74) is 2.72. The van der Waals surface area contributed by atoms with E-state index in [1.54, 1.807) is 14.7 Å². The van der Waals surface area contributed by atoms with Gasteiger partial charge in [0.25, 0.3) is 0 Å². The number of hydrogen-bond donors (Lipinski definition) is 3. The van der Waals surface area contributed by atoms with Crippen molar-refractivity contribution in [1.82, 2.24) is 0 Å². The molecule has 3 N–H and O–H groups in total. The standard InChI is InChI=1S/3C12H27N.BO3/c3*1-10(2,3)13(11(4,5)6)12(7,8)9;2-1(3)4/h3*1-9H3;/q;;;-3/p+3. The summed E-state index contributed by atoms with van der Waals surface area (Å²) in [6, 6.07) is 0. The molecule has 0 saturated carbocycles. The molecule has 0 unspecified atom stereocenters. The van der Waals surface area contributed by atoms with Gasteiger partial charge in [0.15, 0.2) is 0 Å². The van der Waals surface area contributed by atoms with Gasteiger partial charge in [0.1, 0.15) is 0 Å². The second kappa shape index (κ2) is 16.1. The van der Waals surface area contributed by atoms with Crippen molar-refractivity contribution in [3.05, 3.63) is 0 Å². The molecule has 0 spiro atoms. The van der Waals surface area contributed by atoms with E-state index in [0.717, 1.165) is 0 Å². The second-order valence-electron chi connectivity index (χ2n) is 21.7. The van der Waals surface area contributed by atoms with Crippen LogP contribution in [0.15, 0.2) is 0 Å². The minimum Gasteiger partial charge on any atom is -0.907 e. The Morgan fingerprint density at radius 3 is 0.279 bits per heavy atom. The smallest absolute Gasteiger partial charge is 0.0899 e. The summed E-state index contributed by atoms with van der Waals surface area (Å²) < 4.78 is 0. The molecule has 0 aromatic rings. The van der Waals surface area contributed by atoms with Gasteiger partial charge < -0.3 is 29.8 Å². The lowest BCUT2D eigenvalue weighted by atomic mass is 9.88. The van der Waals surface area contributed by atoms with E-state index in [2.05, 4.69) is 187 Å². The predicted molar refractivity (Wildman–Crippen MR) is 186 cm³/mol. The quantitative estimate of drug-likeness (QED) is 0.366. The molecule has 0 saturated heterocycles. The summed E-state index contributed by atoms with van der Waals surface area (Å²) >= 11 is 0. The van der Waals surface area contributed by atoms with Crippen molar-refractivity contribution in [3.63, 3.8) is 0 Å². The van der Waals surface area contributed by atoms with Crippen LogP contribution in [0.25, 0.3) is 0 Å². The summed E-state index contributed by atoms with van der Waals surface area (Å²) in [7, 11) is -2.92. The Kier molecular flexibility index (Phi) is 18.6. The lowest BCUT2D eigenvalue weighted by molar-refractivity contribution is -1.03. The van der Waals surface area contributed by atoms with Gasteiger partial charge in [0, 0.05) is 0 Å². The molecule has 0 radical (unpaired) electrons. The zero-order valence-corrected chi connectivity index (χ0v) is 34.8. The van der Waals surface area contributed by atoms with E-state index < -0.39 is 7.32 Å². The largest absolute Gasteiger partial charge is 0.907 e. The topological polar surface area (TPSA) is 82.5 Å². The SMILES string of the molecule is CC(C)(C)[NH+](C(C)(C)C)C(C)(C)C.CC(C)(C)[NH+](C(C)(C)C)C(C)(C)C.CC(C)(C)[NH+](C(C)(C)C)C(C)(C)C.[O-]B([O-])[O-]. The molecule has 0 amide bonds. The third kappa shape index (κ3) is 22.9. The van der Waals surface area contributed by atoms with Crippen molar-refractivity contribution in [2.75, 3.05) is 0 Å². The van der Waals surface area contributed by atoms with E-state index in [9.17, 15) is 0 Å². The fourth-order valence-corrected chi connectivity index (χ4v) is 10.1. The van der Waals surface area contributed by atoms with Crippen LogP contribution in [-0.2, 0) is 0 Å². The van der Waals surface area contributed by atoms with Crippen LogP contribution in [0.3, 0.4) is 0 Å². The molecule has 0 bridgehead atoms. The van der Waals surface area contributed by atoms with E-state index in [1.807, 2.05) is 0 Å². The van der Waals surface area contributed by atoms with Crippen LogP contribution < -0.4 is 29.8 Å². The molecule has 0 rings (SSSR count). The molecule has 0 atom stereocenters. The molecular formula is C36H84BN3O3. The fourth-order valence-electron chi connectivity index (χ4n) is 10.1. The zero-order valence-electron chi connectivity index (χ0n) is 34.8. The van der Waals surface area contributed by atoms with E-state index in [0.29, 0.717) is 49.9 Å². The lowest BCUT2D eigenvalue weighted by Gasteiger charge is -2.50. The van der Waals surface area contributed by atoms with Crippen molar-refractivity contribution < 1.29 is 29.8 Å². The average Bonchev–Trinajstić information content (AvgIpc) is 2.38. The number of rotatable bonds is 0. The first-order valence-corrected chi connectivity index (χ1v) is 16.5. The molecule has 7 heteroatoms. The molecule has 6 nitrogen and oxygen atoms in total. The first kappa shape index (κ1) is 49.7. The van der Waals surface area contributed by atoms with E-state index in [4.69, 9.17) is 15.1 Å². The third-order valence-corrected chi connectivity index (χ3v) is 6.75. The second-order valence-corrected chi connectivity index (χ2v) is 21.7. The molecule has 0 fully saturated rings. The van der Waals surface area contributed by atoms with Gasteiger partial charge in [-0.1, -0.05) is 0 Å². The summed E-state index contributed by atoms with van der Waals surface area (Å²) in [4.78, 5) is 4.94. The van der Waals surface area contributed by atoms with Crippen LogP contribution in [0, 0.1) is 0 Å². The van der Waals surface area contributed by atoms with Crippen LogP contribution in [0.1, 0.15) is 187 Å². The Balaban J connectivity index is -0.000000249. The van der Waals surface area contributed by atoms with Gasteiger partial charge in [0.05, 0.1) is 49.9 Å². The molecule has 264 valence electrons. The molecule has 0 aliphatic rings. The van der Waals surface area contributed by atoms with Crippen molar-refractivity contribution in [2.24, 2.45) is 0 Å². The van der Waals surface area contributed by atoms with Crippen molar-refractivity contribution in [2.45, 2.75) is 237 Å². The van der Waals surface area contributed by atoms with Gasteiger partial charge in [-0.05, 0) is 187 Å². The minimum absolute atomic E-state index is 0.302. The monoisotopic (exact) mass is 618 g/mol. The first-order chi connectivity index (χ1) is 17.8. The van der Waals surface area contributed by atoms with Crippen LogP contribution in [0.2, 0.25) is 0 Å². The van der Waals surface area contributed by atoms with Crippen LogP contribution in [-0.4, -0.2) is 57.2 Å². The van der Waals surface area contributed by atoms with Crippen molar-refractivity contribution >= 4 is 7.32 Å². The minimum atomic E-state index is -2.92. The molecule has 0 aliphatic heterocycles. The Hall–Kier alpha value is -0.175. The van der Waals surface area contributed by atoms with Crippen LogP contribution >= 0.6 is 0 Å². The maximum atomic E-state index is 8.42. The van der Waals surface area contributed by atoms with Gasteiger partial charge in [-0.25, -0.2) is 0 Å². The Morgan fingerprint density at radius 2 is 0.279 bits per heavy atom. The maximum absolute atomic E-state index is 8.42. The van der Waals surface area contributed by atoms with E-state index in [-0.39, 0.29) is 0 Å². The van der Waals surface area contributed by atoms with Gasteiger partial charge in [0.2, 0.25) is 0 Å². The first-order valence-electron chi connectivity index (χ1n) is 16.5. The summed E-state index contributed by atoms with van der Waals surface area (Å²) in [6.45, 7) is 62.6. The van der Waals surface area contributed by atoms with Crippen molar-refractivity contribution in [1.29, 1.82) is 0 Å². The highest BCUT2D eigenvalue weighted by molar-refractivity contribution is 6.24. The van der Waals surface area contributed by atoms with E-state index in [1.165, 1.54) is 0 Å². The number of hydrogen-bond acceptors (Lipinski definition) is 3. The van der Waals surface area contributed by atoms with Gasteiger partial charge >= 0.3 is 0 Å². The van der Waals surface area contributed by atoms with Gasteiger partial charge in [-0.2, -0.15) is 0 Å². The normalized spacial score (nSPS) is 14.4. The highest BCUT2D eigenvalue weighted by Crippen LogP contribution is 2.12. The van der Waals surface area contributed by atoms with Gasteiger partial charge in [-0.3, -0.25) is 7.32 Å². The Morgan fingerprint density at radius 1 is 0.233 bits per heavy atom. The number of nitrogens with one attached hydrogen (secondary N) is 3. The average molecular weight is 618 g/mol. The van der Waals surface area contributed by atoms with Crippen molar-refractivity contribution in [3.8, 4) is 0 Å². The lowest BCUT2D eigenvalue weighted by Crippen LogP contribution is -3.30. The highest BCUT2D eigenvalue weighted by atomic mass is 16.5. The molecule has 0 heterocycles. The Bertz CT molecular complexity index is 546. The van der Waals surface area contributed by atoms with Gasteiger partial charge in [-0.15, -0.1) is 0 Å². The van der Waals surface area contributed by atoms with E-state index >= 15 is 0 Å². The molecule has 0 aromatic carbocycles. The zero-order chi connectivity index (χ0) is 36.8. The van der Waals surface area contributed by atoms with Crippen LogP contribution in [0.4, 0.5) is 0 Å². The molecule has 0 aromatic heterocycles. The fraction of sp³-hybridized carbons (Fsp3) is 1.00. The third-order valence-electron chi connectivity index (χ3n) is 6.75. The molecule has 0 aliphatic carbocycles. The highest BCUT2D eigenvalue weighted by Gasteiger charge is 2.45. The summed E-state index contributed by atoms with van der Waals surface area (Å²) in [6.07, 6.45) is 0. The summed E-state index contributed by atoms with van der Waals surface area (Å²) in [5.74, 6) is 0. The molecule has 43 heavy (non-hydrogen) atoms. The number of quaternary nitrogens is 3. The Labute approximate surface area is 273 Å². The predicted octanol–water partition coefficient (Wildman–Crippen LogP) is 2.85. The van der Waals surface area contributed by atoms with Crippen LogP contribution in [0.5, 0.6) is 0 Å². The summed E-state index contributed by atoms with van der Waals surface area (Å²) in [5, 5.41) is 25.2. The maximum Gasteiger partial charge on any atom is 0.0899 e. The molecular weight excluding hydrogens is 533 g/mol.